The van der Waals surface area contributed by atoms with E-state index < -0.39 is 0 Å². The van der Waals surface area contributed by atoms with Crippen molar-refractivity contribution in [3.8, 4) is 0 Å². The van der Waals surface area contributed by atoms with Crippen LogP contribution < -0.4 is 5.32 Å². The average Bonchev–Trinajstić information content (AvgIpc) is 3.08. The summed E-state index contributed by atoms with van der Waals surface area (Å²) in [6.07, 6.45) is 2.21. The topological polar surface area (TPSA) is 80.1 Å². The normalized spacial score (nSPS) is 17.7. The molecule has 6 nitrogen and oxygen atoms in total. The van der Waals surface area contributed by atoms with Crippen molar-refractivity contribution in [3.05, 3.63) is 70.8 Å². The predicted molar refractivity (Wildman–Crippen MR) is 121 cm³/mol. The molecule has 0 bridgehead atoms. The highest BCUT2D eigenvalue weighted by atomic mass is 32.2. The number of rotatable bonds is 7. The number of carbonyl (C=O) groups is 2. The van der Waals surface area contributed by atoms with Crippen molar-refractivity contribution in [2.45, 2.75) is 38.4 Å². The summed E-state index contributed by atoms with van der Waals surface area (Å²) in [5.41, 5.74) is 3.69. The van der Waals surface area contributed by atoms with Crippen molar-refractivity contribution >= 4 is 35.0 Å². The Morgan fingerprint density at radius 2 is 1.87 bits per heavy atom. The van der Waals surface area contributed by atoms with Gasteiger partial charge in [-0.05, 0) is 48.1 Å². The van der Waals surface area contributed by atoms with E-state index in [0.29, 0.717) is 29.7 Å². The Hall–Kier alpha value is -2.93. The van der Waals surface area contributed by atoms with E-state index in [4.69, 9.17) is 4.74 Å². The molecule has 7 heteroatoms. The lowest BCUT2D eigenvalue weighted by Crippen LogP contribution is -2.25. The van der Waals surface area contributed by atoms with Crippen LogP contribution in [0.4, 0.5) is 0 Å². The fraction of sp³-hybridized carbons (Fsp3) is 0.304. The number of esters is 1. The van der Waals surface area contributed by atoms with E-state index in [1.54, 1.807) is 25.3 Å². The van der Waals surface area contributed by atoms with Crippen LogP contribution >= 0.6 is 11.8 Å². The minimum absolute atomic E-state index is 0.0929. The Morgan fingerprint density at radius 3 is 2.50 bits per heavy atom. The van der Waals surface area contributed by atoms with Crippen LogP contribution in [0.3, 0.4) is 0 Å². The smallest absolute Gasteiger partial charge is 0.338 e. The highest BCUT2D eigenvalue weighted by Crippen LogP contribution is 2.23. The summed E-state index contributed by atoms with van der Waals surface area (Å²) < 4.78 is 4.98. The van der Waals surface area contributed by atoms with Gasteiger partial charge in [0, 0.05) is 0 Å². The van der Waals surface area contributed by atoms with Crippen LogP contribution in [0.25, 0.3) is 0 Å². The second kappa shape index (κ2) is 10.2. The Kier molecular flexibility index (Phi) is 7.41. The zero-order chi connectivity index (χ0) is 21.5. The van der Waals surface area contributed by atoms with Gasteiger partial charge in [-0.1, -0.05) is 62.0 Å². The molecule has 2 aromatic carbocycles. The third kappa shape index (κ3) is 5.79. The lowest BCUT2D eigenvalue weighted by atomic mass is 10.0. The molecule has 0 spiro atoms. The van der Waals surface area contributed by atoms with Crippen LogP contribution in [0, 0.1) is 0 Å². The molecule has 1 aliphatic rings. The number of benzene rings is 2. The van der Waals surface area contributed by atoms with E-state index in [9.17, 15) is 9.59 Å². The number of ether oxygens (including phenoxy) is 1. The predicted octanol–water partition coefficient (Wildman–Crippen LogP) is 4.15. The zero-order valence-corrected chi connectivity index (χ0v) is 18.1. The highest BCUT2D eigenvalue weighted by molar-refractivity contribution is 8.15. The lowest BCUT2D eigenvalue weighted by molar-refractivity contribution is -0.118. The van der Waals surface area contributed by atoms with Crippen LogP contribution in [-0.2, 0) is 16.0 Å². The molecule has 0 saturated carbocycles. The van der Waals surface area contributed by atoms with Gasteiger partial charge in [-0.25, -0.2) is 4.79 Å². The average molecular weight is 424 g/mol. The summed E-state index contributed by atoms with van der Waals surface area (Å²) >= 11 is 1.36. The highest BCUT2D eigenvalue weighted by Gasteiger charge is 2.30. The maximum Gasteiger partial charge on any atom is 0.338 e. The van der Waals surface area contributed by atoms with Gasteiger partial charge < -0.3 is 10.1 Å². The number of nitrogens with one attached hydrogen (secondary N) is 1. The summed E-state index contributed by atoms with van der Waals surface area (Å²) in [5.74, 6) is 0.0486. The largest absolute Gasteiger partial charge is 0.462 e. The number of carbonyl (C=O) groups excluding carboxylic acids is 2. The first-order valence-electron chi connectivity index (χ1n) is 9.91. The van der Waals surface area contributed by atoms with E-state index in [-0.39, 0.29) is 17.1 Å². The van der Waals surface area contributed by atoms with Crippen LogP contribution in [0.5, 0.6) is 0 Å². The Morgan fingerprint density at radius 1 is 1.17 bits per heavy atom. The molecule has 2 aromatic rings. The van der Waals surface area contributed by atoms with Gasteiger partial charge in [-0.15, -0.1) is 5.10 Å². The Bertz CT molecular complexity index is 951. The molecule has 1 aliphatic heterocycles. The minimum Gasteiger partial charge on any atom is -0.462 e. The summed E-state index contributed by atoms with van der Waals surface area (Å²) in [5, 5.41) is 11.2. The first-order valence-corrected chi connectivity index (χ1v) is 10.8. The van der Waals surface area contributed by atoms with Crippen molar-refractivity contribution in [2.24, 2.45) is 10.2 Å². The van der Waals surface area contributed by atoms with Gasteiger partial charge in [0.2, 0.25) is 5.91 Å². The minimum atomic E-state index is -0.344. The second-order valence-corrected chi connectivity index (χ2v) is 8.38. The second-order valence-electron chi connectivity index (χ2n) is 7.19. The molecule has 1 amide bonds. The van der Waals surface area contributed by atoms with E-state index in [1.807, 2.05) is 24.3 Å². The number of nitrogens with zero attached hydrogens (tertiary/aromatic N) is 2. The zero-order valence-electron chi connectivity index (χ0n) is 17.3. The van der Waals surface area contributed by atoms with Crippen molar-refractivity contribution in [2.75, 3.05) is 6.61 Å². The molecule has 0 aromatic heterocycles. The van der Waals surface area contributed by atoms with Crippen molar-refractivity contribution in [3.63, 3.8) is 0 Å². The maximum atomic E-state index is 12.2. The molecule has 156 valence electrons. The SMILES string of the molecule is CCOC(=O)c1ccc(CC2S/C(=N/N=Cc3ccc(C(C)C)cc3)NC2=O)cc1. The van der Waals surface area contributed by atoms with Gasteiger partial charge in [0.25, 0.3) is 0 Å². The molecule has 30 heavy (non-hydrogen) atoms. The Labute approximate surface area is 180 Å². The summed E-state index contributed by atoms with van der Waals surface area (Å²) in [7, 11) is 0. The molecule has 0 radical (unpaired) electrons. The maximum absolute atomic E-state index is 12.2. The first kappa shape index (κ1) is 21.8. The van der Waals surface area contributed by atoms with Gasteiger partial charge in [-0.2, -0.15) is 5.10 Å². The molecular weight excluding hydrogens is 398 g/mol. The van der Waals surface area contributed by atoms with Crippen LogP contribution in [0.15, 0.2) is 58.7 Å². The summed E-state index contributed by atoms with van der Waals surface area (Å²) in [6.45, 7) is 6.42. The van der Waals surface area contributed by atoms with E-state index >= 15 is 0 Å². The molecule has 3 rings (SSSR count). The molecule has 1 heterocycles. The van der Waals surface area contributed by atoms with Gasteiger partial charge in [-0.3, -0.25) is 4.79 Å². The van der Waals surface area contributed by atoms with Crippen molar-refractivity contribution < 1.29 is 14.3 Å². The fourth-order valence-corrected chi connectivity index (χ4v) is 3.87. The molecule has 1 fully saturated rings. The standard InChI is InChI=1S/C23H25N3O3S/c1-4-29-22(28)19-11-5-16(6-12-19)13-20-21(27)25-23(30-20)26-24-14-17-7-9-18(10-8-17)15(2)3/h5-12,14-15,20H,4,13H2,1-3H3,(H,25,26,27). The van der Waals surface area contributed by atoms with Gasteiger partial charge >= 0.3 is 5.97 Å². The Balaban J connectivity index is 1.57. The van der Waals surface area contributed by atoms with Crippen LogP contribution in [0.1, 0.15) is 53.7 Å². The van der Waals surface area contributed by atoms with Gasteiger partial charge in [0.1, 0.15) is 0 Å². The van der Waals surface area contributed by atoms with Crippen LogP contribution in [-0.4, -0.2) is 35.1 Å². The molecular formula is C23H25N3O3S. The molecule has 0 aliphatic carbocycles. The third-order valence-corrected chi connectivity index (χ3v) is 5.69. The number of amidine groups is 1. The summed E-state index contributed by atoms with van der Waals surface area (Å²) in [4.78, 5) is 24.0. The number of thioether (sulfide) groups is 1. The molecule has 1 saturated heterocycles. The van der Waals surface area contributed by atoms with E-state index in [0.717, 1.165) is 11.1 Å². The van der Waals surface area contributed by atoms with E-state index in [1.165, 1.54) is 17.3 Å². The third-order valence-electron chi connectivity index (χ3n) is 4.62. The molecule has 1 N–H and O–H groups in total. The van der Waals surface area contributed by atoms with Gasteiger partial charge in [0.05, 0.1) is 23.6 Å². The van der Waals surface area contributed by atoms with Crippen molar-refractivity contribution in [1.29, 1.82) is 0 Å². The van der Waals surface area contributed by atoms with Crippen LogP contribution in [0.2, 0.25) is 0 Å². The molecule has 1 unspecified atom stereocenters. The number of amides is 1. The molecule has 1 atom stereocenters. The fourth-order valence-electron chi connectivity index (χ4n) is 2.91. The van der Waals surface area contributed by atoms with Crippen molar-refractivity contribution in [1.82, 2.24) is 5.32 Å². The van der Waals surface area contributed by atoms with E-state index in [2.05, 4.69) is 41.5 Å². The number of hydrogen-bond donors (Lipinski definition) is 1. The summed E-state index contributed by atoms with van der Waals surface area (Å²) in [6, 6.07) is 15.3. The first-order chi connectivity index (χ1) is 14.5. The lowest BCUT2D eigenvalue weighted by Gasteiger charge is -2.06. The van der Waals surface area contributed by atoms with Gasteiger partial charge in [0.15, 0.2) is 5.17 Å². The number of hydrogen-bond acceptors (Lipinski definition) is 6. The quantitative estimate of drug-likeness (QED) is 0.412. The monoisotopic (exact) mass is 423 g/mol.